The van der Waals surface area contributed by atoms with Crippen molar-refractivity contribution in [3.05, 3.63) is 16.1 Å². The standard InChI is InChI=1S/C14H25N3S.ClH/c1-3-5-12-11-18-14(16-12)10-17(8-4-2)13-6-7-15-9-13;/h11,13,15H,3-10H2,1-2H3;1H. The van der Waals surface area contributed by atoms with Gasteiger partial charge in [0.1, 0.15) is 5.01 Å². The average molecular weight is 304 g/mol. The minimum Gasteiger partial charge on any atom is -0.315 e. The van der Waals surface area contributed by atoms with Gasteiger partial charge in [0.2, 0.25) is 0 Å². The monoisotopic (exact) mass is 303 g/mol. The fraction of sp³-hybridized carbons (Fsp3) is 0.786. The maximum absolute atomic E-state index is 4.75. The van der Waals surface area contributed by atoms with Crippen LogP contribution in [-0.4, -0.2) is 35.6 Å². The number of thiazole rings is 1. The summed E-state index contributed by atoms with van der Waals surface area (Å²) in [5.41, 5.74) is 1.28. The lowest BCUT2D eigenvalue weighted by atomic mass is 10.2. The smallest absolute Gasteiger partial charge is 0.107 e. The molecule has 1 aliphatic rings. The number of hydrogen-bond donors (Lipinski definition) is 1. The van der Waals surface area contributed by atoms with Gasteiger partial charge in [0.15, 0.2) is 0 Å². The van der Waals surface area contributed by atoms with Crippen molar-refractivity contribution in [1.29, 1.82) is 0 Å². The van der Waals surface area contributed by atoms with Crippen LogP contribution in [0.2, 0.25) is 0 Å². The van der Waals surface area contributed by atoms with Crippen molar-refractivity contribution < 1.29 is 0 Å². The first-order valence-corrected chi connectivity index (χ1v) is 8.09. The largest absolute Gasteiger partial charge is 0.315 e. The zero-order chi connectivity index (χ0) is 12.8. The first kappa shape index (κ1) is 16.9. The van der Waals surface area contributed by atoms with Crippen LogP contribution in [0.5, 0.6) is 0 Å². The number of aryl methyl sites for hydroxylation is 1. The summed E-state index contributed by atoms with van der Waals surface area (Å²) in [5.74, 6) is 0. The number of halogens is 1. The van der Waals surface area contributed by atoms with Crippen molar-refractivity contribution >= 4 is 23.7 Å². The highest BCUT2D eigenvalue weighted by Gasteiger charge is 2.22. The first-order valence-electron chi connectivity index (χ1n) is 7.21. The molecule has 0 amide bonds. The quantitative estimate of drug-likeness (QED) is 0.839. The van der Waals surface area contributed by atoms with Crippen LogP contribution in [0, 0.1) is 0 Å². The molecule has 2 rings (SSSR count). The van der Waals surface area contributed by atoms with Crippen LogP contribution < -0.4 is 5.32 Å². The highest BCUT2D eigenvalue weighted by atomic mass is 35.5. The molecule has 1 aromatic heterocycles. The molecule has 5 heteroatoms. The molecule has 0 bridgehead atoms. The van der Waals surface area contributed by atoms with E-state index in [4.69, 9.17) is 4.98 Å². The first-order chi connectivity index (χ1) is 8.83. The average Bonchev–Trinajstić information content (AvgIpc) is 3.00. The van der Waals surface area contributed by atoms with Gasteiger partial charge in [-0.3, -0.25) is 4.90 Å². The number of nitrogens with one attached hydrogen (secondary N) is 1. The second kappa shape index (κ2) is 8.90. The molecule has 1 aliphatic heterocycles. The summed E-state index contributed by atoms with van der Waals surface area (Å²) in [6, 6.07) is 0.712. The minimum atomic E-state index is 0. The van der Waals surface area contributed by atoms with Crippen LogP contribution in [0.3, 0.4) is 0 Å². The van der Waals surface area contributed by atoms with Gasteiger partial charge in [0.05, 0.1) is 12.2 Å². The molecule has 1 fully saturated rings. The Morgan fingerprint density at radius 3 is 2.89 bits per heavy atom. The molecule has 110 valence electrons. The zero-order valence-electron chi connectivity index (χ0n) is 12.0. The molecule has 0 saturated carbocycles. The van der Waals surface area contributed by atoms with Crippen molar-refractivity contribution in [2.24, 2.45) is 0 Å². The summed E-state index contributed by atoms with van der Waals surface area (Å²) in [4.78, 5) is 7.36. The number of nitrogens with zero attached hydrogens (tertiary/aromatic N) is 2. The van der Waals surface area contributed by atoms with E-state index in [1.54, 1.807) is 0 Å². The normalized spacial score (nSPS) is 18.8. The van der Waals surface area contributed by atoms with Gasteiger partial charge in [0.25, 0.3) is 0 Å². The van der Waals surface area contributed by atoms with Crippen molar-refractivity contribution in [2.45, 2.75) is 52.1 Å². The fourth-order valence-corrected chi connectivity index (χ4v) is 3.45. The molecule has 2 heterocycles. The van der Waals surface area contributed by atoms with E-state index in [2.05, 4.69) is 29.4 Å². The van der Waals surface area contributed by atoms with E-state index in [-0.39, 0.29) is 12.4 Å². The lowest BCUT2D eigenvalue weighted by Gasteiger charge is -2.26. The molecule has 3 nitrogen and oxygen atoms in total. The molecule has 1 N–H and O–H groups in total. The third kappa shape index (κ3) is 5.03. The van der Waals surface area contributed by atoms with E-state index >= 15 is 0 Å². The summed E-state index contributed by atoms with van der Waals surface area (Å²) in [5, 5.41) is 6.99. The highest BCUT2D eigenvalue weighted by molar-refractivity contribution is 7.09. The molecule has 0 aromatic carbocycles. The molecule has 1 saturated heterocycles. The molecule has 0 aliphatic carbocycles. The predicted molar refractivity (Wildman–Crippen MR) is 85.3 cm³/mol. The Hall–Kier alpha value is -0.160. The van der Waals surface area contributed by atoms with Crippen molar-refractivity contribution in [3.8, 4) is 0 Å². The summed E-state index contributed by atoms with van der Waals surface area (Å²) >= 11 is 1.83. The Morgan fingerprint density at radius 1 is 1.42 bits per heavy atom. The van der Waals surface area contributed by atoms with E-state index < -0.39 is 0 Å². The summed E-state index contributed by atoms with van der Waals surface area (Å²) in [6.07, 6.45) is 4.82. The summed E-state index contributed by atoms with van der Waals surface area (Å²) in [7, 11) is 0. The van der Waals surface area contributed by atoms with Crippen LogP contribution in [0.1, 0.15) is 43.8 Å². The van der Waals surface area contributed by atoms with Gasteiger partial charge < -0.3 is 5.32 Å². The SMILES string of the molecule is CCCc1csc(CN(CCC)C2CCNC2)n1.Cl. The molecular weight excluding hydrogens is 278 g/mol. The fourth-order valence-electron chi connectivity index (χ4n) is 2.60. The number of hydrogen-bond acceptors (Lipinski definition) is 4. The Labute approximate surface area is 127 Å². The van der Waals surface area contributed by atoms with Gasteiger partial charge >= 0.3 is 0 Å². The predicted octanol–water partition coefficient (Wildman–Crippen LogP) is 3.09. The summed E-state index contributed by atoms with van der Waals surface area (Å²) in [6.45, 7) is 9.02. The molecule has 19 heavy (non-hydrogen) atoms. The van der Waals surface area contributed by atoms with Gasteiger partial charge in [-0.25, -0.2) is 4.98 Å². The highest BCUT2D eigenvalue weighted by Crippen LogP contribution is 2.17. The van der Waals surface area contributed by atoms with Gasteiger partial charge in [-0.05, 0) is 32.4 Å². The molecule has 1 aromatic rings. The van der Waals surface area contributed by atoms with Gasteiger partial charge in [0, 0.05) is 18.0 Å². The van der Waals surface area contributed by atoms with Crippen LogP contribution in [0.25, 0.3) is 0 Å². The Kier molecular flexibility index (Phi) is 7.91. The second-order valence-electron chi connectivity index (χ2n) is 5.10. The van der Waals surface area contributed by atoms with Crippen molar-refractivity contribution in [1.82, 2.24) is 15.2 Å². The van der Waals surface area contributed by atoms with Gasteiger partial charge in [-0.2, -0.15) is 0 Å². The molecule has 1 atom stereocenters. The van der Waals surface area contributed by atoms with Crippen molar-refractivity contribution in [2.75, 3.05) is 19.6 Å². The minimum absolute atomic E-state index is 0. The maximum Gasteiger partial charge on any atom is 0.107 e. The number of rotatable bonds is 7. The lowest BCUT2D eigenvalue weighted by Crippen LogP contribution is -2.36. The number of aromatic nitrogens is 1. The van der Waals surface area contributed by atoms with E-state index in [0.717, 1.165) is 19.5 Å². The van der Waals surface area contributed by atoms with E-state index in [1.807, 2.05) is 11.3 Å². The van der Waals surface area contributed by atoms with Crippen LogP contribution in [0.4, 0.5) is 0 Å². The topological polar surface area (TPSA) is 28.2 Å². The molecular formula is C14H26ClN3S. The Balaban J connectivity index is 0.00000180. The Bertz CT molecular complexity index is 350. The third-order valence-corrected chi connectivity index (χ3v) is 4.39. The van der Waals surface area contributed by atoms with Gasteiger partial charge in [-0.15, -0.1) is 23.7 Å². The van der Waals surface area contributed by atoms with Gasteiger partial charge in [-0.1, -0.05) is 20.3 Å². The molecule has 0 spiro atoms. The molecule has 1 unspecified atom stereocenters. The van der Waals surface area contributed by atoms with E-state index in [0.29, 0.717) is 6.04 Å². The summed E-state index contributed by atoms with van der Waals surface area (Å²) < 4.78 is 0. The molecule has 0 radical (unpaired) electrons. The van der Waals surface area contributed by atoms with Crippen LogP contribution in [-0.2, 0) is 13.0 Å². The third-order valence-electron chi connectivity index (χ3n) is 3.51. The Morgan fingerprint density at radius 2 is 2.26 bits per heavy atom. The lowest BCUT2D eigenvalue weighted by molar-refractivity contribution is 0.199. The maximum atomic E-state index is 4.75. The van der Waals surface area contributed by atoms with E-state index in [1.165, 1.54) is 43.1 Å². The van der Waals surface area contributed by atoms with E-state index in [9.17, 15) is 0 Å². The zero-order valence-corrected chi connectivity index (χ0v) is 13.7. The second-order valence-corrected chi connectivity index (χ2v) is 6.04. The van der Waals surface area contributed by atoms with Crippen LogP contribution >= 0.6 is 23.7 Å². The van der Waals surface area contributed by atoms with Crippen molar-refractivity contribution in [3.63, 3.8) is 0 Å². The van der Waals surface area contributed by atoms with Crippen LogP contribution in [0.15, 0.2) is 5.38 Å².